The van der Waals surface area contributed by atoms with Gasteiger partial charge in [-0.2, -0.15) is 4.57 Å². The molecule has 1 N–H and O–H groups in total. The summed E-state index contributed by atoms with van der Waals surface area (Å²) in [4.78, 5) is 25.2. The third-order valence-corrected chi connectivity index (χ3v) is 4.33. The molecule has 0 aliphatic rings. The maximum atomic E-state index is 12.1. The van der Waals surface area contributed by atoms with Gasteiger partial charge in [-0.3, -0.25) is 0 Å². The molecule has 3 rings (SSSR count). The summed E-state index contributed by atoms with van der Waals surface area (Å²) in [6.45, 7) is 0.538. The molecular weight excluding hydrogens is 300 g/mol. The van der Waals surface area contributed by atoms with E-state index in [0.29, 0.717) is 17.6 Å². The number of benzene rings is 1. The molecule has 2 aromatic heterocycles. The molecule has 0 atom stereocenters. The molecule has 2 heterocycles. The molecule has 0 aliphatic carbocycles. The largest absolute Gasteiger partial charge is 0.428 e. The zero-order valence-corrected chi connectivity index (χ0v) is 12.8. The Balaban J connectivity index is 1.55. The lowest BCUT2D eigenvalue weighted by molar-refractivity contribution is 0.241. The van der Waals surface area contributed by atoms with E-state index in [2.05, 4.69) is 16.8 Å². The highest BCUT2D eigenvalue weighted by Crippen LogP contribution is 2.12. The minimum Gasteiger partial charge on any atom is -0.407 e. The van der Waals surface area contributed by atoms with Crippen LogP contribution >= 0.6 is 11.3 Å². The second kappa shape index (κ2) is 6.62. The molecule has 6 heteroatoms. The zero-order chi connectivity index (χ0) is 15.4. The highest BCUT2D eigenvalue weighted by atomic mass is 32.1. The number of carbonyl (C=O) groups excluding carboxylic acids is 1. The van der Waals surface area contributed by atoms with E-state index in [1.165, 1.54) is 4.88 Å². The number of para-hydroxylation sites is 2. The lowest BCUT2D eigenvalue weighted by Crippen LogP contribution is -2.34. The molecule has 0 unspecified atom stereocenters. The predicted molar refractivity (Wildman–Crippen MR) is 86.5 cm³/mol. The Morgan fingerprint density at radius 3 is 2.86 bits per heavy atom. The molecule has 0 bridgehead atoms. The summed E-state index contributed by atoms with van der Waals surface area (Å²) < 4.78 is 6.08. The van der Waals surface area contributed by atoms with Crippen molar-refractivity contribution in [2.45, 2.75) is 19.3 Å². The molecule has 0 spiro atoms. The van der Waals surface area contributed by atoms with E-state index in [1.807, 2.05) is 6.07 Å². The van der Waals surface area contributed by atoms with Gasteiger partial charge in [-0.15, -0.1) is 11.3 Å². The number of hydrogen-bond donors (Lipinski definition) is 1. The molecule has 22 heavy (non-hydrogen) atoms. The van der Waals surface area contributed by atoms with Gasteiger partial charge < -0.3 is 9.73 Å². The Morgan fingerprint density at radius 1 is 1.18 bits per heavy atom. The van der Waals surface area contributed by atoms with Crippen LogP contribution in [0.1, 0.15) is 17.7 Å². The molecule has 0 saturated carbocycles. The number of nitrogens with zero attached hydrogens (tertiary/aromatic N) is 1. The number of thiophene rings is 1. The average Bonchev–Trinajstić information content (AvgIpc) is 3.13. The van der Waals surface area contributed by atoms with E-state index >= 15 is 0 Å². The number of rotatable bonds is 5. The SMILES string of the molecule is O=C(NCCCCc1cccs1)n1c(=O)oc2ccccc21. The number of fused-ring (bicyclic) bond motifs is 1. The topological polar surface area (TPSA) is 64.2 Å². The third-order valence-electron chi connectivity index (χ3n) is 3.40. The summed E-state index contributed by atoms with van der Waals surface area (Å²) in [7, 11) is 0. The average molecular weight is 316 g/mol. The Bertz CT molecular complexity index is 817. The van der Waals surface area contributed by atoms with Crippen molar-refractivity contribution in [3.05, 3.63) is 57.2 Å². The summed E-state index contributed by atoms with van der Waals surface area (Å²) in [6.07, 6.45) is 2.89. The maximum Gasteiger partial charge on any atom is 0.428 e. The van der Waals surface area contributed by atoms with Crippen LogP contribution in [0.25, 0.3) is 11.1 Å². The number of nitrogens with one attached hydrogen (secondary N) is 1. The Labute approximate surface area is 131 Å². The van der Waals surface area contributed by atoms with Crippen molar-refractivity contribution in [2.24, 2.45) is 0 Å². The van der Waals surface area contributed by atoms with Crippen molar-refractivity contribution in [1.29, 1.82) is 0 Å². The van der Waals surface area contributed by atoms with Crippen molar-refractivity contribution < 1.29 is 9.21 Å². The molecule has 5 nitrogen and oxygen atoms in total. The maximum absolute atomic E-state index is 12.1. The first-order chi connectivity index (χ1) is 10.8. The van der Waals surface area contributed by atoms with Crippen LogP contribution in [0.5, 0.6) is 0 Å². The van der Waals surface area contributed by atoms with Gasteiger partial charge >= 0.3 is 11.8 Å². The minimum atomic E-state index is -0.655. The second-order valence-corrected chi connectivity index (χ2v) is 5.97. The first-order valence-corrected chi connectivity index (χ1v) is 8.05. The molecule has 1 aromatic carbocycles. The molecule has 3 aromatic rings. The van der Waals surface area contributed by atoms with E-state index in [-0.39, 0.29) is 0 Å². The van der Waals surface area contributed by atoms with E-state index in [9.17, 15) is 9.59 Å². The molecule has 0 saturated heterocycles. The predicted octanol–water partition coefficient (Wildman–Crippen LogP) is 3.24. The van der Waals surface area contributed by atoms with Gasteiger partial charge in [-0.1, -0.05) is 18.2 Å². The molecule has 114 valence electrons. The van der Waals surface area contributed by atoms with Gasteiger partial charge in [0.1, 0.15) is 0 Å². The fraction of sp³-hybridized carbons (Fsp3) is 0.250. The van der Waals surface area contributed by atoms with Crippen LogP contribution in [0, 0.1) is 0 Å². The molecule has 1 amide bonds. The summed E-state index contributed by atoms with van der Waals surface area (Å²) in [5.74, 6) is -0.655. The number of oxazole rings is 1. The number of hydrogen-bond acceptors (Lipinski definition) is 4. The smallest absolute Gasteiger partial charge is 0.407 e. The molecule has 0 fully saturated rings. The van der Waals surface area contributed by atoms with Crippen LogP contribution in [0.3, 0.4) is 0 Å². The molecule has 0 aliphatic heterocycles. The van der Waals surface area contributed by atoms with E-state index < -0.39 is 11.8 Å². The highest BCUT2D eigenvalue weighted by molar-refractivity contribution is 7.09. The normalized spacial score (nSPS) is 10.9. The minimum absolute atomic E-state index is 0.417. The Morgan fingerprint density at radius 2 is 2.05 bits per heavy atom. The number of carbonyl (C=O) groups is 1. The number of aryl methyl sites for hydroxylation is 1. The van der Waals surface area contributed by atoms with Gasteiger partial charge in [0.2, 0.25) is 0 Å². The van der Waals surface area contributed by atoms with Gasteiger partial charge in [-0.05, 0) is 42.8 Å². The zero-order valence-electron chi connectivity index (χ0n) is 12.0. The Hall–Kier alpha value is -2.34. The van der Waals surface area contributed by atoms with Crippen LogP contribution in [0.2, 0.25) is 0 Å². The lowest BCUT2D eigenvalue weighted by Gasteiger charge is -2.04. The second-order valence-electron chi connectivity index (χ2n) is 4.94. The quantitative estimate of drug-likeness (QED) is 0.735. The van der Waals surface area contributed by atoms with E-state index in [4.69, 9.17) is 4.42 Å². The van der Waals surface area contributed by atoms with Crippen LogP contribution < -0.4 is 11.1 Å². The van der Waals surface area contributed by atoms with Gasteiger partial charge in [0, 0.05) is 11.4 Å². The van der Waals surface area contributed by atoms with Crippen LogP contribution in [-0.4, -0.2) is 17.1 Å². The monoisotopic (exact) mass is 316 g/mol. The van der Waals surface area contributed by atoms with Gasteiger partial charge in [-0.25, -0.2) is 9.59 Å². The number of aromatic nitrogens is 1. The molecular formula is C16H16N2O3S. The standard InChI is InChI=1S/C16H16N2O3S/c19-15(17-10-4-3-6-12-7-5-11-22-12)18-13-8-1-2-9-14(13)21-16(18)20/h1-2,5,7-9,11H,3-4,6,10H2,(H,17,19). The summed E-state index contributed by atoms with van der Waals surface area (Å²) in [5.41, 5.74) is 0.906. The van der Waals surface area contributed by atoms with Crippen molar-refractivity contribution in [3.8, 4) is 0 Å². The van der Waals surface area contributed by atoms with Gasteiger partial charge in [0.05, 0.1) is 5.52 Å². The highest BCUT2D eigenvalue weighted by Gasteiger charge is 2.14. The third kappa shape index (κ3) is 3.12. The van der Waals surface area contributed by atoms with E-state index in [0.717, 1.165) is 23.8 Å². The first-order valence-electron chi connectivity index (χ1n) is 7.17. The van der Waals surface area contributed by atoms with Crippen LogP contribution in [-0.2, 0) is 6.42 Å². The number of unbranched alkanes of at least 4 members (excludes halogenated alkanes) is 1. The fourth-order valence-electron chi connectivity index (χ4n) is 2.31. The van der Waals surface area contributed by atoms with Gasteiger partial charge in [0.25, 0.3) is 0 Å². The lowest BCUT2D eigenvalue weighted by atomic mass is 10.2. The van der Waals surface area contributed by atoms with E-state index in [1.54, 1.807) is 35.6 Å². The van der Waals surface area contributed by atoms with Gasteiger partial charge in [0.15, 0.2) is 5.58 Å². The number of amides is 1. The van der Waals surface area contributed by atoms with Crippen molar-refractivity contribution in [2.75, 3.05) is 6.54 Å². The van der Waals surface area contributed by atoms with Crippen molar-refractivity contribution in [1.82, 2.24) is 9.88 Å². The Kier molecular flexibility index (Phi) is 4.39. The summed E-state index contributed by atoms with van der Waals surface area (Å²) in [5, 5.41) is 4.83. The first kappa shape index (κ1) is 14.6. The summed E-state index contributed by atoms with van der Waals surface area (Å²) in [6, 6.07) is 10.6. The fourth-order valence-corrected chi connectivity index (χ4v) is 3.06. The summed E-state index contributed by atoms with van der Waals surface area (Å²) >= 11 is 1.74. The van der Waals surface area contributed by atoms with Crippen molar-refractivity contribution in [3.63, 3.8) is 0 Å². The van der Waals surface area contributed by atoms with Crippen LogP contribution in [0.15, 0.2) is 51.0 Å². The van der Waals surface area contributed by atoms with Crippen molar-refractivity contribution >= 4 is 28.5 Å². The molecule has 0 radical (unpaired) electrons. The van der Waals surface area contributed by atoms with Crippen LogP contribution in [0.4, 0.5) is 4.79 Å².